The number of nitrogens with zero attached hydrogens (tertiary/aromatic N) is 3. The van der Waals surface area contributed by atoms with Crippen molar-refractivity contribution in [3.8, 4) is 0 Å². The molecule has 0 bridgehead atoms. The summed E-state index contributed by atoms with van der Waals surface area (Å²) in [6.07, 6.45) is 5.21. The van der Waals surface area contributed by atoms with Crippen molar-refractivity contribution in [3.63, 3.8) is 0 Å². The van der Waals surface area contributed by atoms with Gasteiger partial charge in [0, 0.05) is 14.1 Å². The molecule has 0 aliphatic rings. The van der Waals surface area contributed by atoms with Gasteiger partial charge in [-0.15, -0.1) is 16.2 Å². The Labute approximate surface area is 115 Å². The SMILES string of the molecule is C=C/C=C\C(CN(C)C(=O)c1ccc(N=O)s1)=NC. The van der Waals surface area contributed by atoms with Gasteiger partial charge in [0.15, 0.2) is 5.00 Å². The minimum absolute atomic E-state index is 0.159. The minimum Gasteiger partial charge on any atom is -0.335 e. The largest absolute Gasteiger partial charge is 0.335 e. The van der Waals surface area contributed by atoms with Gasteiger partial charge in [0.2, 0.25) is 0 Å². The highest BCUT2D eigenvalue weighted by molar-refractivity contribution is 7.17. The van der Waals surface area contributed by atoms with Crippen molar-refractivity contribution in [3.05, 3.63) is 46.7 Å². The first-order valence-corrected chi connectivity index (χ1v) is 6.37. The molecule has 5 nitrogen and oxygen atoms in total. The molecule has 0 unspecified atom stereocenters. The van der Waals surface area contributed by atoms with Crippen LogP contribution in [0.1, 0.15) is 9.67 Å². The molecule has 0 saturated carbocycles. The molecule has 1 aromatic heterocycles. The van der Waals surface area contributed by atoms with Crippen LogP contribution in [0.3, 0.4) is 0 Å². The number of aliphatic imine (C=N–C) groups is 1. The van der Waals surface area contributed by atoms with E-state index in [2.05, 4.69) is 16.7 Å². The van der Waals surface area contributed by atoms with E-state index in [-0.39, 0.29) is 5.91 Å². The molecule has 0 N–H and O–H groups in total. The van der Waals surface area contributed by atoms with Crippen molar-refractivity contribution in [2.24, 2.45) is 10.2 Å². The lowest BCUT2D eigenvalue weighted by Gasteiger charge is -2.15. The van der Waals surface area contributed by atoms with Crippen molar-refractivity contribution in [2.45, 2.75) is 0 Å². The van der Waals surface area contributed by atoms with Crippen LogP contribution in [0.15, 0.2) is 47.1 Å². The molecule has 100 valence electrons. The molecule has 0 atom stereocenters. The van der Waals surface area contributed by atoms with Crippen LogP contribution < -0.4 is 0 Å². The molecule has 1 aromatic rings. The van der Waals surface area contributed by atoms with Gasteiger partial charge in [-0.2, -0.15) is 0 Å². The lowest BCUT2D eigenvalue weighted by Crippen LogP contribution is -2.31. The number of thiophene rings is 1. The van der Waals surface area contributed by atoms with Gasteiger partial charge in [0.25, 0.3) is 5.91 Å². The van der Waals surface area contributed by atoms with Crippen LogP contribution in [0.5, 0.6) is 0 Å². The quantitative estimate of drug-likeness (QED) is 0.456. The fraction of sp³-hybridized carbons (Fsp3) is 0.231. The maximum absolute atomic E-state index is 12.1. The van der Waals surface area contributed by atoms with E-state index in [1.807, 2.05) is 0 Å². The first-order valence-electron chi connectivity index (χ1n) is 5.55. The highest BCUT2D eigenvalue weighted by atomic mass is 32.1. The Morgan fingerprint density at radius 1 is 1.53 bits per heavy atom. The summed E-state index contributed by atoms with van der Waals surface area (Å²) in [6, 6.07) is 3.13. The molecular formula is C13H15N3O2S. The minimum atomic E-state index is -0.159. The van der Waals surface area contributed by atoms with Crippen LogP contribution in [-0.2, 0) is 0 Å². The van der Waals surface area contributed by atoms with Gasteiger partial charge in [0.05, 0.1) is 17.1 Å². The first-order chi connectivity index (χ1) is 9.12. The second kappa shape index (κ2) is 7.38. The van der Waals surface area contributed by atoms with Crippen molar-refractivity contribution in [1.29, 1.82) is 0 Å². The summed E-state index contributed by atoms with van der Waals surface area (Å²) in [5.74, 6) is -0.159. The zero-order valence-corrected chi connectivity index (χ0v) is 11.7. The fourth-order valence-electron chi connectivity index (χ4n) is 1.37. The van der Waals surface area contributed by atoms with E-state index in [1.54, 1.807) is 38.4 Å². The Hall–Kier alpha value is -2.08. The summed E-state index contributed by atoms with van der Waals surface area (Å²) < 4.78 is 0. The molecule has 19 heavy (non-hydrogen) atoms. The maximum atomic E-state index is 12.1. The Morgan fingerprint density at radius 2 is 2.26 bits per heavy atom. The molecule has 0 spiro atoms. The molecule has 0 saturated heterocycles. The van der Waals surface area contributed by atoms with E-state index in [4.69, 9.17) is 0 Å². The van der Waals surface area contributed by atoms with Crippen LogP contribution in [0, 0.1) is 4.91 Å². The van der Waals surface area contributed by atoms with Gasteiger partial charge >= 0.3 is 0 Å². The van der Waals surface area contributed by atoms with E-state index >= 15 is 0 Å². The average Bonchev–Trinajstić information content (AvgIpc) is 2.91. The number of allylic oxidation sites excluding steroid dienone is 2. The third-order valence-corrected chi connectivity index (χ3v) is 3.30. The van der Waals surface area contributed by atoms with Crippen LogP contribution >= 0.6 is 11.3 Å². The van der Waals surface area contributed by atoms with E-state index < -0.39 is 0 Å². The number of carbonyl (C=O) groups is 1. The van der Waals surface area contributed by atoms with Crippen LogP contribution in [-0.4, -0.2) is 37.2 Å². The molecule has 0 radical (unpaired) electrons. The number of hydrogen-bond donors (Lipinski definition) is 0. The number of nitroso groups, excluding NO2 is 1. The number of rotatable bonds is 6. The predicted molar refractivity (Wildman–Crippen MR) is 79.4 cm³/mol. The zero-order chi connectivity index (χ0) is 14.3. The molecular weight excluding hydrogens is 262 g/mol. The Kier molecular flexibility index (Phi) is 5.81. The van der Waals surface area contributed by atoms with Gasteiger partial charge in [-0.1, -0.05) is 18.7 Å². The fourth-order valence-corrected chi connectivity index (χ4v) is 2.15. The smallest absolute Gasteiger partial charge is 0.264 e. The van der Waals surface area contributed by atoms with E-state index in [1.165, 1.54) is 11.0 Å². The third kappa shape index (κ3) is 4.26. The number of carbonyl (C=O) groups excluding carboxylic acids is 1. The van der Waals surface area contributed by atoms with E-state index in [9.17, 15) is 9.70 Å². The lowest BCUT2D eigenvalue weighted by atomic mass is 10.3. The number of hydrogen-bond acceptors (Lipinski definition) is 5. The molecule has 0 fully saturated rings. The summed E-state index contributed by atoms with van der Waals surface area (Å²) in [5.41, 5.74) is 0.765. The van der Waals surface area contributed by atoms with Gasteiger partial charge < -0.3 is 4.90 Å². The Balaban J connectivity index is 2.74. The second-order valence-corrected chi connectivity index (χ2v) is 4.76. The van der Waals surface area contributed by atoms with Gasteiger partial charge in [-0.05, 0) is 23.4 Å². The van der Waals surface area contributed by atoms with Gasteiger partial charge in [-0.3, -0.25) is 9.79 Å². The van der Waals surface area contributed by atoms with Crippen molar-refractivity contribution < 1.29 is 4.79 Å². The molecule has 0 aromatic carbocycles. The Morgan fingerprint density at radius 3 is 2.79 bits per heavy atom. The predicted octanol–water partition coefficient (Wildman–Crippen LogP) is 3.03. The van der Waals surface area contributed by atoms with Gasteiger partial charge in [0.1, 0.15) is 0 Å². The normalized spacial score (nSPS) is 11.6. The average molecular weight is 277 g/mol. The van der Waals surface area contributed by atoms with Gasteiger partial charge in [-0.25, -0.2) is 0 Å². The van der Waals surface area contributed by atoms with Crippen molar-refractivity contribution >= 4 is 28.0 Å². The van der Waals surface area contributed by atoms with Crippen LogP contribution in [0.4, 0.5) is 5.00 Å². The molecule has 1 amide bonds. The maximum Gasteiger partial charge on any atom is 0.264 e. The van der Waals surface area contributed by atoms with Crippen molar-refractivity contribution in [1.82, 2.24) is 4.90 Å². The lowest BCUT2D eigenvalue weighted by molar-refractivity contribution is 0.0819. The molecule has 1 rings (SSSR count). The second-order valence-electron chi connectivity index (χ2n) is 3.70. The third-order valence-electron chi connectivity index (χ3n) is 2.35. The van der Waals surface area contributed by atoms with Crippen LogP contribution in [0.25, 0.3) is 0 Å². The summed E-state index contributed by atoms with van der Waals surface area (Å²) in [6.45, 7) is 3.97. The van der Waals surface area contributed by atoms with E-state index in [0.29, 0.717) is 16.4 Å². The summed E-state index contributed by atoms with van der Waals surface area (Å²) in [5, 5.41) is 3.10. The number of amides is 1. The molecule has 0 aliphatic heterocycles. The zero-order valence-electron chi connectivity index (χ0n) is 10.9. The van der Waals surface area contributed by atoms with E-state index in [0.717, 1.165) is 17.0 Å². The topological polar surface area (TPSA) is 62.1 Å². The standard InChI is InChI=1S/C13H15N3O2S/c1-4-5-6-10(14-2)9-16(3)13(17)11-7-8-12(15-18)19-11/h4-8H,1,9H2,2-3H3/b6-5-,14-10?. The first kappa shape index (κ1) is 15.0. The molecule has 6 heteroatoms. The summed E-state index contributed by atoms with van der Waals surface area (Å²) in [7, 11) is 3.35. The highest BCUT2D eigenvalue weighted by Gasteiger charge is 2.15. The molecule has 0 aliphatic carbocycles. The van der Waals surface area contributed by atoms with Crippen molar-refractivity contribution in [2.75, 3.05) is 20.6 Å². The molecule has 1 heterocycles. The summed E-state index contributed by atoms with van der Waals surface area (Å²) in [4.78, 5) is 28.6. The highest BCUT2D eigenvalue weighted by Crippen LogP contribution is 2.25. The van der Waals surface area contributed by atoms with Crippen LogP contribution in [0.2, 0.25) is 0 Å². The summed E-state index contributed by atoms with van der Waals surface area (Å²) >= 11 is 1.08. The monoisotopic (exact) mass is 277 g/mol. The Bertz CT molecular complexity index is 532.